The van der Waals surface area contributed by atoms with Crippen molar-refractivity contribution in [1.29, 1.82) is 0 Å². The Hall–Kier alpha value is -2.33. The van der Waals surface area contributed by atoms with E-state index >= 15 is 0 Å². The minimum atomic E-state index is -0.534. The van der Waals surface area contributed by atoms with E-state index < -0.39 is 6.04 Å². The summed E-state index contributed by atoms with van der Waals surface area (Å²) < 4.78 is 0. The van der Waals surface area contributed by atoms with Crippen LogP contribution in [-0.4, -0.2) is 29.8 Å². The Morgan fingerprint density at radius 3 is 2.27 bits per heavy atom. The standard InChI is InChI=1S/C21H25ClN2O2/c1-4-19(21(26)23-3)24(14-17-11-7-8-12-18(17)22)20(25)13-16-10-6-5-9-15(16)2/h5-12,19H,4,13-14H2,1-3H3,(H,23,26)/t19-/m1/s1. The summed E-state index contributed by atoms with van der Waals surface area (Å²) in [5, 5.41) is 3.25. The van der Waals surface area contributed by atoms with Crippen LogP contribution >= 0.6 is 11.6 Å². The number of aryl methyl sites for hydroxylation is 1. The van der Waals surface area contributed by atoms with Gasteiger partial charge in [0.05, 0.1) is 6.42 Å². The number of amides is 2. The average molecular weight is 373 g/mol. The van der Waals surface area contributed by atoms with Gasteiger partial charge in [-0.05, 0) is 36.1 Å². The van der Waals surface area contributed by atoms with Gasteiger partial charge in [0.2, 0.25) is 11.8 Å². The molecule has 0 unspecified atom stereocenters. The Balaban J connectivity index is 2.32. The highest BCUT2D eigenvalue weighted by molar-refractivity contribution is 6.31. The van der Waals surface area contributed by atoms with Crippen LogP contribution in [0, 0.1) is 6.92 Å². The number of benzene rings is 2. The van der Waals surface area contributed by atoms with Gasteiger partial charge in [0, 0.05) is 18.6 Å². The summed E-state index contributed by atoms with van der Waals surface area (Å²) in [7, 11) is 1.59. The molecular formula is C21H25ClN2O2. The van der Waals surface area contributed by atoms with Crippen LogP contribution in [-0.2, 0) is 22.6 Å². The molecule has 2 aromatic rings. The topological polar surface area (TPSA) is 49.4 Å². The zero-order valence-electron chi connectivity index (χ0n) is 15.5. The fourth-order valence-corrected chi connectivity index (χ4v) is 3.16. The number of hydrogen-bond acceptors (Lipinski definition) is 2. The summed E-state index contributed by atoms with van der Waals surface area (Å²) in [5.41, 5.74) is 2.86. The molecule has 26 heavy (non-hydrogen) atoms. The largest absolute Gasteiger partial charge is 0.357 e. The van der Waals surface area contributed by atoms with Crippen LogP contribution in [0.5, 0.6) is 0 Å². The molecule has 0 aromatic heterocycles. The fourth-order valence-electron chi connectivity index (χ4n) is 2.97. The van der Waals surface area contributed by atoms with Crippen LogP contribution in [0.15, 0.2) is 48.5 Å². The van der Waals surface area contributed by atoms with Crippen molar-refractivity contribution in [2.24, 2.45) is 0 Å². The van der Waals surface area contributed by atoms with Crippen LogP contribution in [0.2, 0.25) is 5.02 Å². The molecule has 2 aromatic carbocycles. The summed E-state index contributed by atoms with van der Waals surface area (Å²) in [5.74, 6) is -0.257. The quantitative estimate of drug-likeness (QED) is 0.804. The summed E-state index contributed by atoms with van der Waals surface area (Å²) >= 11 is 6.28. The third-order valence-electron chi connectivity index (χ3n) is 4.53. The van der Waals surface area contributed by atoms with Crippen molar-refractivity contribution in [2.75, 3.05) is 7.05 Å². The van der Waals surface area contributed by atoms with Gasteiger partial charge in [0.25, 0.3) is 0 Å². The number of carbonyl (C=O) groups is 2. The summed E-state index contributed by atoms with van der Waals surface area (Å²) in [6, 6.07) is 14.7. The molecule has 1 atom stereocenters. The molecule has 0 bridgehead atoms. The lowest BCUT2D eigenvalue weighted by Gasteiger charge is -2.30. The molecule has 0 radical (unpaired) electrons. The predicted octanol–water partition coefficient (Wildman–Crippen LogP) is 3.74. The Morgan fingerprint density at radius 2 is 1.69 bits per heavy atom. The molecule has 2 rings (SSSR count). The van der Waals surface area contributed by atoms with Gasteiger partial charge in [-0.15, -0.1) is 0 Å². The number of halogens is 1. The predicted molar refractivity (Wildman–Crippen MR) is 105 cm³/mol. The molecule has 0 fully saturated rings. The third-order valence-corrected chi connectivity index (χ3v) is 4.90. The monoisotopic (exact) mass is 372 g/mol. The van der Waals surface area contributed by atoms with Crippen LogP contribution in [0.25, 0.3) is 0 Å². The van der Waals surface area contributed by atoms with Crippen LogP contribution in [0.1, 0.15) is 30.0 Å². The van der Waals surface area contributed by atoms with Crippen molar-refractivity contribution in [2.45, 2.75) is 39.3 Å². The smallest absolute Gasteiger partial charge is 0.242 e. The maximum absolute atomic E-state index is 13.1. The minimum Gasteiger partial charge on any atom is -0.357 e. The first kappa shape index (κ1) is 20.0. The summed E-state index contributed by atoms with van der Waals surface area (Å²) in [6.45, 7) is 4.19. The molecule has 5 heteroatoms. The molecule has 0 aliphatic carbocycles. The van der Waals surface area contributed by atoms with E-state index in [4.69, 9.17) is 11.6 Å². The highest BCUT2D eigenvalue weighted by atomic mass is 35.5. The molecule has 2 amide bonds. The van der Waals surface area contributed by atoms with Crippen molar-refractivity contribution < 1.29 is 9.59 Å². The van der Waals surface area contributed by atoms with Gasteiger partial charge in [-0.3, -0.25) is 9.59 Å². The third kappa shape index (κ3) is 4.85. The summed E-state index contributed by atoms with van der Waals surface area (Å²) in [4.78, 5) is 27.1. The lowest BCUT2D eigenvalue weighted by atomic mass is 10.0. The Bertz CT molecular complexity index is 776. The lowest BCUT2D eigenvalue weighted by molar-refractivity contribution is -0.140. The first-order chi connectivity index (χ1) is 12.5. The number of hydrogen-bond donors (Lipinski definition) is 1. The van der Waals surface area contributed by atoms with Gasteiger partial charge >= 0.3 is 0 Å². The van der Waals surface area contributed by atoms with Crippen molar-refractivity contribution in [3.63, 3.8) is 0 Å². The zero-order chi connectivity index (χ0) is 19.1. The molecule has 0 saturated carbocycles. The molecule has 138 valence electrons. The molecule has 0 aliphatic heterocycles. The first-order valence-electron chi connectivity index (χ1n) is 8.76. The molecule has 4 nitrogen and oxygen atoms in total. The van der Waals surface area contributed by atoms with Gasteiger partial charge in [-0.2, -0.15) is 0 Å². The second kappa shape index (κ2) is 9.39. The van der Waals surface area contributed by atoms with Gasteiger partial charge in [-0.1, -0.05) is 61.0 Å². The number of carbonyl (C=O) groups excluding carboxylic acids is 2. The Morgan fingerprint density at radius 1 is 1.08 bits per heavy atom. The van der Waals surface area contributed by atoms with E-state index in [0.717, 1.165) is 16.7 Å². The molecule has 0 spiro atoms. The minimum absolute atomic E-state index is 0.0883. The van der Waals surface area contributed by atoms with E-state index in [1.165, 1.54) is 0 Å². The fraction of sp³-hybridized carbons (Fsp3) is 0.333. The van der Waals surface area contributed by atoms with E-state index in [1.54, 1.807) is 18.0 Å². The SMILES string of the molecule is CC[C@H](C(=O)NC)N(Cc1ccccc1Cl)C(=O)Cc1ccccc1C. The zero-order valence-corrected chi connectivity index (χ0v) is 16.2. The lowest BCUT2D eigenvalue weighted by Crippen LogP contribution is -2.48. The average Bonchev–Trinajstić information content (AvgIpc) is 2.64. The van der Waals surface area contributed by atoms with E-state index in [0.29, 0.717) is 18.0 Å². The Kier molecular flexibility index (Phi) is 7.22. The van der Waals surface area contributed by atoms with Crippen LogP contribution in [0.3, 0.4) is 0 Å². The van der Waals surface area contributed by atoms with Crippen molar-refractivity contribution in [1.82, 2.24) is 10.2 Å². The van der Waals surface area contributed by atoms with Crippen LogP contribution in [0.4, 0.5) is 0 Å². The normalized spacial score (nSPS) is 11.7. The number of nitrogens with zero attached hydrogens (tertiary/aromatic N) is 1. The second-order valence-corrected chi connectivity index (χ2v) is 6.66. The van der Waals surface area contributed by atoms with Crippen LogP contribution < -0.4 is 5.32 Å². The van der Waals surface area contributed by atoms with Crippen molar-refractivity contribution in [3.8, 4) is 0 Å². The number of likely N-dealkylation sites (N-methyl/N-ethyl adjacent to an activating group) is 1. The van der Waals surface area contributed by atoms with Gasteiger partial charge in [0.15, 0.2) is 0 Å². The summed E-state index contributed by atoms with van der Waals surface area (Å²) in [6.07, 6.45) is 0.786. The highest BCUT2D eigenvalue weighted by Crippen LogP contribution is 2.21. The van der Waals surface area contributed by atoms with E-state index in [9.17, 15) is 9.59 Å². The first-order valence-corrected chi connectivity index (χ1v) is 9.14. The number of nitrogens with one attached hydrogen (secondary N) is 1. The highest BCUT2D eigenvalue weighted by Gasteiger charge is 2.28. The van der Waals surface area contributed by atoms with Crippen molar-refractivity contribution in [3.05, 3.63) is 70.2 Å². The van der Waals surface area contributed by atoms with E-state index in [-0.39, 0.29) is 18.2 Å². The number of rotatable bonds is 7. The molecule has 1 N–H and O–H groups in total. The molecule has 0 aliphatic rings. The molecule has 0 heterocycles. The molecule has 0 saturated heterocycles. The second-order valence-electron chi connectivity index (χ2n) is 6.25. The maximum Gasteiger partial charge on any atom is 0.242 e. The van der Waals surface area contributed by atoms with E-state index in [1.807, 2.05) is 56.3 Å². The maximum atomic E-state index is 13.1. The van der Waals surface area contributed by atoms with Gasteiger partial charge < -0.3 is 10.2 Å². The van der Waals surface area contributed by atoms with Crippen molar-refractivity contribution >= 4 is 23.4 Å². The van der Waals surface area contributed by atoms with Gasteiger partial charge in [0.1, 0.15) is 6.04 Å². The molecular weight excluding hydrogens is 348 g/mol. The van der Waals surface area contributed by atoms with Gasteiger partial charge in [-0.25, -0.2) is 0 Å². The van der Waals surface area contributed by atoms with E-state index in [2.05, 4.69) is 5.32 Å². The Labute approximate surface area is 160 Å².